The molecular weight excluding hydrogens is 370 g/mol. The summed E-state index contributed by atoms with van der Waals surface area (Å²) in [6, 6.07) is 18.2. The van der Waals surface area contributed by atoms with Crippen LogP contribution in [0.4, 0.5) is 17.1 Å². The van der Waals surface area contributed by atoms with Crippen molar-refractivity contribution >= 4 is 28.9 Å². The second-order valence-corrected chi connectivity index (χ2v) is 6.56. The third kappa shape index (κ3) is 4.65. The largest absolute Gasteiger partial charge is 0.322 e. The standard InChI is InChI=1S/C22H19N3O4/c1-14-13-18(9-10-19(14)24-21(26)16-6-4-3-5-7-16)23-22(27)17-8-11-20(25(28)29)15(2)12-17/h3-13H,1-2H3,(H,23,27)(H,24,26). The fraction of sp³-hybridized carbons (Fsp3) is 0.0909. The van der Waals surface area contributed by atoms with Crippen LogP contribution < -0.4 is 10.6 Å². The molecule has 2 N–H and O–H groups in total. The van der Waals surface area contributed by atoms with Gasteiger partial charge in [0.05, 0.1) is 4.92 Å². The zero-order valence-electron chi connectivity index (χ0n) is 15.9. The predicted molar refractivity (Wildman–Crippen MR) is 111 cm³/mol. The third-order valence-corrected chi connectivity index (χ3v) is 4.42. The van der Waals surface area contributed by atoms with Crippen LogP contribution in [0.25, 0.3) is 0 Å². The fourth-order valence-corrected chi connectivity index (χ4v) is 2.87. The first-order valence-electron chi connectivity index (χ1n) is 8.88. The Kier molecular flexibility index (Phi) is 5.69. The molecule has 0 spiro atoms. The highest BCUT2D eigenvalue weighted by atomic mass is 16.6. The van der Waals surface area contributed by atoms with Crippen molar-refractivity contribution < 1.29 is 14.5 Å². The first kappa shape index (κ1) is 19.8. The molecule has 3 aromatic carbocycles. The molecule has 2 amide bonds. The summed E-state index contributed by atoms with van der Waals surface area (Å²) >= 11 is 0. The molecule has 0 saturated carbocycles. The van der Waals surface area contributed by atoms with Crippen LogP contribution in [-0.4, -0.2) is 16.7 Å². The van der Waals surface area contributed by atoms with Gasteiger partial charge in [-0.1, -0.05) is 18.2 Å². The third-order valence-electron chi connectivity index (χ3n) is 4.42. The Hall–Kier alpha value is -4.00. The number of nitro benzene ring substituents is 1. The number of benzene rings is 3. The van der Waals surface area contributed by atoms with Gasteiger partial charge in [0, 0.05) is 34.1 Å². The number of carbonyl (C=O) groups excluding carboxylic acids is 2. The smallest absolute Gasteiger partial charge is 0.272 e. The van der Waals surface area contributed by atoms with E-state index < -0.39 is 4.92 Å². The van der Waals surface area contributed by atoms with Crippen LogP contribution in [0.1, 0.15) is 31.8 Å². The Morgan fingerprint density at radius 1 is 0.793 bits per heavy atom. The maximum absolute atomic E-state index is 12.5. The van der Waals surface area contributed by atoms with Crippen LogP contribution in [0, 0.1) is 24.0 Å². The van der Waals surface area contributed by atoms with E-state index in [0.717, 1.165) is 5.56 Å². The topological polar surface area (TPSA) is 101 Å². The van der Waals surface area contributed by atoms with E-state index in [1.54, 1.807) is 49.4 Å². The van der Waals surface area contributed by atoms with E-state index in [0.29, 0.717) is 28.1 Å². The quantitative estimate of drug-likeness (QED) is 0.487. The minimum absolute atomic E-state index is 0.0316. The van der Waals surface area contributed by atoms with Gasteiger partial charge in [-0.2, -0.15) is 0 Å². The van der Waals surface area contributed by atoms with E-state index in [1.807, 2.05) is 13.0 Å². The number of carbonyl (C=O) groups is 2. The number of anilines is 2. The molecule has 146 valence electrons. The van der Waals surface area contributed by atoms with Crippen molar-refractivity contribution in [2.75, 3.05) is 10.6 Å². The van der Waals surface area contributed by atoms with Crippen LogP contribution in [0.5, 0.6) is 0 Å². The lowest BCUT2D eigenvalue weighted by atomic mass is 10.1. The highest BCUT2D eigenvalue weighted by Crippen LogP contribution is 2.23. The Labute approximate surface area is 167 Å². The lowest BCUT2D eigenvalue weighted by Gasteiger charge is -2.11. The van der Waals surface area contributed by atoms with Gasteiger partial charge in [-0.3, -0.25) is 19.7 Å². The van der Waals surface area contributed by atoms with E-state index >= 15 is 0 Å². The van der Waals surface area contributed by atoms with Gasteiger partial charge in [0.25, 0.3) is 17.5 Å². The summed E-state index contributed by atoms with van der Waals surface area (Å²) in [5.41, 5.74) is 3.25. The van der Waals surface area contributed by atoms with E-state index in [-0.39, 0.29) is 17.5 Å². The molecule has 0 radical (unpaired) electrons. The molecule has 0 aliphatic carbocycles. The van der Waals surface area contributed by atoms with Crippen molar-refractivity contribution in [1.82, 2.24) is 0 Å². The van der Waals surface area contributed by atoms with Crippen molar-refractivity contribution in [3.05, 3.63) is 99.1 Å². The summed E-state index contributed by atoms with van der Waals surface area (Å²) in [5, 5.41) is 16.5. The molecule has 0 aliphatic rings. The molecule has 0 heterocycles. The van der Waals surface area contributed by atoms with Gasteiger partial charge >= 0.3 is 0 Å². The fourth-order valence-electron chi connectivity index (χ4n) is 2.87. The molecular formula is C22H19N3O4. The molecule has 0 aromatic heterocycles. The summed E-state index contributed by atoms with van der Waals surface area (Å²) in [6.45, 7) is 3.41. The molecule has 0 aliphatic heterocycles. The maximum atomic E-state index is 12.5. The average molecular weight is 389 g/mol. The van der Waals surface area contributed by atoms with Crippen LogP contribution in [0.15, 0.2) is 66.7 Å². The zero-order chi connectivity index (χ0) is 21.0. The first-order chi connectivity index (χ1) is 13.8. The Balaban J connectivity index is 1.72. The van der Waals surface area contributed by atoms with E-state index in [4.69, 9.17) is 0 Å². The van der Waals surface area contributed by atoms with Crippen molar-refractivity contribution in [3.63, 3.8) is 0 Å². The molecule has 7 heteroatoms. The highest BCUT2D eigenvalue weighted by molar-refractivity contribution is 6.06. The molecule has 0 atom stereocenters. The van der Waals surface area contributed by atoms with Crippen LogP contribution in [0.3, 0.4) is 0 Å². The maximum Gasteiger partial charge on any atom is 0.272 e. The monoisotopic (exact) mass is 389 g/mol. The lowest BCUT2D eigenvalue weighted by Crippen LogP contribution is -2.14. The summed E-state index contributed by atoms with van der Waals surface area (Å²) < 4.78 is 0. The molecule has 7 nitrogen and oxygen atoms in total. The Morgan fingerprint density at radius 2 is 1.48 bits per heavy atom. The summed E-state index contributed by atoms with van der Waals surface area (Å²) in [7, 11) is 0. The first-order valence-corrected chi connectivity index (χ1v) is 8.88. The number of nitrogens with zero attached hydrogens (tertiary/aromatic N) is 1. The molecule has 0 fully saturated rings. The van der Waals surface area contributed by atoms with E-state index in [2.05, 4.69) is 10.6 Å². The van der Waals surface area contributed by atoms with Gasteiger partial charge in [-0.05, 0) is 61.9 Å². The normalized spacial score (nSPS) is 10.3. The van der Waals surface area contributed by atoms with Crippen LogP contribution >= 0.6 is 0 Å². The van der Waals surface area contributed by atoms with Crippen molar-refractivity contribution in [3.8, 4) is 0 Å². The molecule has 3 rings (SSSR count). The minimum Gasteiger partial charge on any atom is -0.322 e. The van der Waals surface area contributed by atoms with Crippen molar-refractivity contribution in [2.45, 2.75) is 13.8 Å². The highest BCUT2D eigenvalue weighted by Gasteiger charge is 2.14. The van der Waals surface area contributed by atoms with Crippen molar-refractivity contribution in [2.24, 2.45) is 0 Å². The lowest BCUT2D eigenvalue weighted by molar-refractivity contribution is -0.385. The molecule has 0 unspecified atom stereocenters. The van der Waals surface area contributed by atoms with E-state index in [9.17, 15) is 19.7 Å². The number of rotatable bonds is 5. The van der Waals surface area contributed by atoms with E-state index in [1.165, 1.54) is 18.2 Å². The van der Waals surface area contributed by atoms with Gasteiger partial charge in [0.2, 0.25) is 0 Å². The van der Waals surface area contributed by atoms with Crippen molar-refractivity contribution in [1.29, 1.82) is 0 Å². The number of aryl methyl sites for hydroxylation is 2. The number of nitrogens with one attached hydrogen (secondary N) is 2. The Morgan fingerprint density at radius 3 is 2.10 bits per heavy atom. The van der Waals surface area contributed by atoms with Gasteiger partial charge in [-0.25, -0.2) is 0 Å². The SMILES string of the molecule is Cc1cc(NC(=O)c2ccc([N+](=O)[O-])c(C)c2)ccc1NC(=O)c1ccccc1. The number of hydrogen-bond acceptors (Lipinski definition) is 4. The van der Waals surface area contributed by atoms with Gasteiger partial charge in [0.15, 0.2) is 0 Å². The molecule has 3 aromatic rings. The summed E-state index contributed by atoms with van der Waals surface area (Å²) in [6.07, 6.45) is 0. The molecule has 29 heavy (non-hydrogen) atoms. The molecule has 0 bridgehead atoms. The average Bonchev–Trinajstić information content (AvgIpc) is 2.70. The predicted octanol–water partition coefficient (Wildman–Crippen LogP) is 4.72. The summed E-state index contributed by atoms with van der Waals surface area (Å²) in [4.78, 5) is 35.2. The van der Waals surface area contributed by atoms with Gasteiger partial charge in [-0.15, -0.1) is 0 Å². The number of amides is 2. The second-order valence-electron chi connectivity index (χ2n) is 6.56. The van der Waals surface area contributed by atoms with Crippen LogP contribution in [-0.2, 0) is 0 Å². The summed E-state index contributed by atoms with van der Waals surface area (Å²) in [5.74, 6) is -0.588. The Bertz CT molecular complexity index is 1090. The molecule has 0 saturated heterocycles. The number of hydrogen-bond donors (Lipinski definition) is 2. The van der Waals surface area contributed by atoms with Gasteiger partial charge in [0.1, 0.15) is 0 Å². The zero-order valence-corrected chi connectivity index (χ0v) is 15.9. The number of nitro groups is 1. The minimum atomic E-state index is -0.483. The van der Waals surface area contributed by atoms with Crippen LogP contribution in [0.2, 0.25) is 0 Å². The second kappa shape index (κ2) is 8.35. The van der Waals surface area contributed by atoms with Gasteiger partial charge < -0.3 is 10.6 Å².